The molecule has 1 aromatic heterocycles. The van der Waals surface area contributed by atoms with Crippen LogP contribution in [0.25, 0.3) is 0 Å². The van der Waals surface area contributed by atoms with Gasteiger partial charge in [-0.1, -0.05) is 6.07 Å². The van der Waals surface area contributed by atoms with Crippen molar-refractivity contribution in [3.63, 3.8) is 0 Å². The zero-order chi connectivity index (χ0) is 13.0. The standard InChI is InChI=1S/C15H24N2O/c1-11-4-5-14(12(2)17-11)15(16-3)10-13-6-8-18-9-7-13/h4-5,13,15-16H,6-10H2,1-3H3. The predicted molar refractivity (Wildman–Crippen MR) is 73.7 cm³/mol. The predicted octanol–water partition coefficient (Wildman–Crippen LogP) is 2.78. The van der Waals surface area contributed by atoms with Gasteiger partial charge in [-0.3, -0.25) is 4.98 Å². The number of ether oxygens (including phenoxy) is 1. The summed E-state index contributed by atoms with van der Waals surface area (Å²) in [6.45, 7) is 6.00. The summed E-state index contributed by atoms with van der Waals surface area (Å²) in [6.07, 6.45) is 3.57. The minimum Gasteiger partial charge on any atom is -0.381 e. The number of aromatic nitrogens is 1. The molecule has 3 nitrogen and oxygen atoms in total. The van der Waals surface area contributed by atoms with Crippen molar-refractivity contribution in [1.82, 2.24) is 10.3 Å². The first-order chi connectivity index (χ1) is 8.70. The molecule has 1 unspecified atom stereocenters. The van der Waals surface area contributed by atoms with E-state index in [1.165, 1.54) is 24.8 Å². The Bertz CT molecular complexity index is 386. The highest BCUT2D eigenvalue weighted by molar-refractivity contribution is 5.25. The van der Waals surface area contributed by atoms with E-state index < -0.39 is 0 Å². The van der Waals surface area contributed by atoms with Crippen molar-refractivity contribution >= 4 is 0 Å². The summed E-state index contributed by atoms with van der Waals surface area (Å²) in [5.41, 5.74) is 3.59. The van der Waals surface area contributed by atoms with Crippen LogP contribution in [-0.4, -0.2) is 25.2 Å². The van der Waals surface area contributed by atoms with E-state index in [1.54, 1.807) is 0 Å². The van der Waals surface area contributed by atoms with E-state index in [4.69, 9.17) is 4.74 Å². The zero-order valence-corrected chi connectivity index (χ0v) is 11.7. The Labute approximate surface area is 110 Å². The Kier molecular flexibility index (Phi) is 4.72. The van der Waals surface area contributed by atoms with Crippen molar-refractivity contribution in [1.29, 1.82) is 0 Å². The molecule has 1 aromatic rings. The monoisotopic (exact) mass is 248 g/mol. The molecule has 0 saturated carbocycles. The van der Waals surface area contributed by atoms with Gasteiger partial charge in [0.15, 0.2) is 0 Å². The van der Waals surface area contributed by atoms with Gasteiger partial charge in [-0.25, -0.2) is 0 Å². The normalized spacial score (nSPS) is 18.8. The van der Waals surface area contributed by atoms with Crippen molar-refractivity contribution in [2.24, 2.45) is 5.92 Å². The van der Waals surface area contributed by atoms with Crippen molar-refractivity contribution < 1.29 is 4.74 Å². The first-order valence-corrected chi connectivity index (χ1v) is 6.90. The Balaban J connectivity index is 2.07. The van der Waals surface area contributed by atoms with Crippen LogP contribution >= 0.6 is 0 Å². The van der Waals surface area contributed by atoms with Crippen LogP contribution in [0, 0.1) is 19.8 Å². The second-order valence-electron chi connectivity index (χ2n) is 5.26. The van der Waals surface area contributed by atoms with Gasteiger partial charge in [0, 0.05) is 30.6 Å². The van der Waals surface area contributed by atoms with E-state index in [1.807, 2.05) is 14.0 Å². The topological polar surface area (TPSA) is 34.1 Å². The molecular formula is C15H24N2O. The van der Waals surface area contributed by atoms with Crippen LogP contribution in [0.15, 0.2) is 12.1 Å². The van der Waals surface area contributed by atoms with Gasteiger partial charge in [0.05, 0.1) is 0 Å². The second kappa shape index (κ2) is 6.30. The lowest BCUT2D eigenvalue weighted by atomic mass is 9.89. The molecule has 0 spiro atoms. The van der Waals surface area contributed by atoms with Crippen molar-refractivity contribution in [2.75, 3.05) is 20.3 Å². The van der Waals surface area contributed by atoms with Gasteiger partial charge >= 0.3 is 0 Å². The Hall–Kier alpha value is -0.930. The molecule has 0 aliphatic carbocycles. The fourth-order valence-corrected chi connectivity index (χ4v) is 2.78. The molecular weight excluding hydrogens is 224 g/mol. The molecule has 0 aromatic carbocycles. The van der Waals surface area contributed by atoms with Crippen LogP contribution in [0.3, 0.4) is 0 Å². The molecule has 18 heavy (non-hydrogen) atoms. The third kappa shape index (κ3) is 3.30. The van der Waals surface area contributed by atoms with E-state index in [0.29, 0.717) is 6.04 Å². The summed E-state index contributed by atoms with van der Waals surface area (Å²) in [5.74, 6) is 0.775. The number of nitrogens with zero attached hydrogens (tertiary/aromatic N) is 1. The lowest BCUT2D eigenvalue weighted by Crippen LogP contribution is -2.24. The maximum Gasteiger partial charge on any atom is 0.0468 e. The van der Waals surface area contributed by atoms with Gasteiger partial charge in [0.25, 0.3) is 0 Å². The highest BCUT2D eigenvalue weighted by atomic mass is 16.5. The largest absolute Gasteiger partial charge is 0.381 e. The van der Waals surface area contributed by atoms with Gasteiger partial charge in [-0.2, -0.15) is 0 Å². The first-order valence-electron chi connectivity index (χ1n) is 6.90. The molecule has 2 heterocycles. The lowest BCUT2D eigenvalue weighted by molar-refractivity contribution is 0.0607. The van der Waals surface area contributed by atoms with E-state index in [-0.39, 0.29) is 0 Å². The smallest absolute Gasteiger partial charge is 0.0468 e. The van der Waals surface area contributed by atoms with E-state index in [0.717, 1.165) is 30.5 Å². The first kappa shape index (κ1) is 13.5. The fraction of sp³-hybridized carbons (Fsp3) is 0.667. The maximum atomic E-state index is 5.43. The third-order valence-corrected chi connectivity index (χ3v) is 3.90. The average Bonchev–Trinajstić information content (AvgIpc) is 2.38. The Morgan fingerprint density at radius 2 is 2.06 bits per heavy atom. The SMILES string of the molecule is CNC(CC1CCOCC1)c1ccc(C)nc1C. The summed E-state index contributed by atoms with van der Waals surface area (Å²) in [4.78, 5) is 4.57. The molecule has 1 aliphatic heterocycles. The van der Waals surface area contributed by atoms with Crippen LogP contribution in [0.1, 0.15) is 42.3 Å². The molecule has 0 bridgehead atoms. The molecule has 1 saturated heterocycles. The number of nitrogens with one attached hydrogen (secondary N) is 1. The van der Waals surface area contributed by atoms with Crippen LogP contribution < -0.4 is 5.32 Å². The molecule has 1 N–H and O–H groups in total. The number of rotatable bonds is 4. The Morgan fingerprint density at radius 1 is 1.33 bits per heavy atom. The number of hydrogen-bond donors (Lipinski definition) is 1. The summed E-state index contributed by atoms with van der Waals surface area (Å²) >= 11 is 0. The second-order valence-corrected chi connectivity index (χ2v) is 5.26. The molecule has 0 amide bonds. The van der Waals surface area contributed by atoms with E-state index in [9.17, 15) is 0 Å². The molecule has 1 fully saturated rings. The number of aryl methyl sites for hydroxylation is 2. The molecule has 2 rings (SSSR count). The molecule has 1 atom stereocenters. The van der Waals surface area contributed by atoms with Crippen LogP contribution in [0.2, 0.25) is 0 Å². The summed E-state index contributed by atoms with van der Waals surface area (Å²) in [7, 11) is 2.04. The van der Waals surface area contributed by atoms with Crippen LogP contribution in [-0.2, 0) is 4.74 Å². The zero-order valence-electron chi connectivity index (χ0n) is 11.7. The molecule has 1 aliphatic rings. The quantitative estimate of drug-likeness (QED) is 0.889. The third-order valence-electron chi connectivity index (χ3n) is 3.90. The molecule has 100 valence electrons. The molecule has 0 radical (unpaired) electrons. The van der Waals surface area contributed by atoms with Gasteiger partial charge in [-0.15, -0.1) is 0 Å². The van der Waals surface area contributed by atoms with Crippen molar-refractivity contribution in [3.05, 3.63) is 29.1 Å². The van der Waals surface area contributed by atoms with Crippen LogP contribution in [0.5, 0.6) is 0 Å². The fourth-order valence-electron chi connectivity index (χ4n) is 2.78. The minimum absolute atomic E-state index is 0.418. The van der Waals surface area contributed by atoms with Crippen molar-refractivity contribution in [2.45, 2.75) is 39.2 Å². The number of hydrogen-bond acceptors (Lipinski definition) is 3. The summed E-state index contributed by atoms with van der Waals surface area (Å²) in [6, 6.07) is 4.75. The summed E-state index contributed by atoms with van der Waals surface area (Å²) < 4.78 is 5.43. The Morgan fingerprint density at radius 3 is 2.67 bits per heavy atom. The van der Waals surface area contributed by atoms with E-state index >= 15 is 0 Å². The van der Waals surface area contributed by atoms with E-state index in [2.05, 4.69) is 29.4 Å². The van der Waals surface area contributed by atoms with Crippen LogP contribution in [0.4, 0.5) is 0 Å². The van der Waals surface area contributed by atoms with Crippen molar-refractivity contribution in [3.8, 4) is 0 Å². The van der Waals surface area contributed by atoms with Gasteiger partial charge in [-0.05, 0) is 57.7 Å². The molecule has 3 heteroatoms. The summed E-state index contributed by atoms with van der Waals surface area (Å²) in [5, 5.41) is 3.45. The lowest BCUT2D eigenvalue weighted by Gasteiger charge is -2.27. The van der Waals surface area contributed by atoms with Gasteiger partial charge in [0.1, 0.15) is 0 Å². The highest BCUT2D eigenvalue weighted by Gasteiger charge is 2.20. The minimum atomic E-state index is 0.418. The van der Waals surface area contributed by atoms with Gasteiger partial charge in [0.2, 0.25) is 0 Å². The number of pyridine rings is 1. The van der Waals surface area contributed by atoms with Gasteiger partial charge < -0.3 is 10.1 Å². The highest BCUT2D eigenvalue weighted by Crippen LogP contribution is 2.28. The average molecular weight is 248 g/mol. The maximum absolute atomic E-state index is 5.43.